The van der Waals surface area contributed by atoms with E-state index in [1.54, 1.807) is 0 Å². The third-order valence-electron chi connectivity index (χ3n) is 3.79. The molecule has 7 nitrogen and oxygen atoms in total. The summed E-state index contributed by atoms with van der Waals surface area (Å²) in [7, 11) is 0. The van der Waals surface area contributed by atoms with Crippen LogP contribution >= 0.6 is 0 Å². The lowest BCUT2D eigenvalue weighted by Gasteiger charge is -2.13. The first-order valence-electron chi connectivity index (χ1n) is 8.51. The predicted octanol–water partition coefficient (Wildman–Crippen LogP) is 1.08. The van der Waals surface area contributed by atoms with Gasteiger partial charge in [0.1, 0.15) is 12.6 Å². The van der Waals surface area contributed by atoms with Gasteiger partial charge in [0.15, 0.2) is 0 Å². The van der Waals surface area contributed by atoms with Gasteiger partial charge in [0.2, 0.25) is 5.91 Å². The molecule has 7 heteroatoms. The van der Waals surface area contributed by atoms with Crippen LogP contribution in [0.15, 0.2) is 30.3 Å². The van der Waals surface area contributed by atoms with Gasteiger partial charge in [0.25, 0.3) is 5.91 Å². The maximum absolute atomic E-state index is 12.3. The number of amides is 4. The Morgan fingerprint density at radius 2 is 2.00 bits per heavy atom. The highest BCUT2D eigenvalue weighted by Crippen LogP contribution is 2.11. The van der Waals surface area contributed by atoms with Crippen molar-refractivity contribution in [1.82, 2.24) is 15.5 Å². The number of nitrogens with zero attached hydrogens (tertiary/aromatic N) is 1. The molecule has 0 unspecified atom stereocenters. The number of carbonyl (C=O) groups excluding carboxylic acids is 3. The summed E-state index contributed by atoms with van der Waals surface area (Å²) in [5.74, 6) is -0.722. The Hall–Kier alpha value is -2.41. The van der Waals surface area contributed by atoms with Crippen molar-refractivity contribution in [2.24, 2.45) is 0 Å². The van der Waals surface area contributed by atoms with E-state index < -0.39 is 12.1 Å². The lowest BCUT2D eigenvalue weighted by Crippen LogP contribution is -2.41. The number of ether oxygens (including phenoxy) is 1. The molecular formula is C18H25N3O4. The molecule has 1 heterocycles. The molecule has 136 valence electrons. The number of carbonyl (C=O) groups is 3. The molecule has 1 atom stereocenters. The van der Waals surface area contributed by atoms with Crippen LogP contribution < -0.4 is 10.6 Å². The first kappa shape index (κ1) is 18.9. The lowest BCUT2D eigenvalue weighted by atomic mass is 10.1. The van der Waals surface area contributed by atoms with Gasteiger partial charge >= 0.3 is 6.03 Å². The molecule has 2 rings (SSSR count). The summed E-state index contributed by atoms with van der Waals surface area (Å²) in [6.45, 7) is 4.63. The van der Waals surface area contributed by atoms with E-state index in [0.717, 1.165) is 10.5 Å². The summed E-state index contributed by atoms with van der Waals surface area (Å²) in [5.41, 5.74) is 0.956. The van der Waals surface area contributed by atoms with Gasteiger partial charge in [0, 0.05) is 19.6 Å². The van der Waals surface area contributed by atoms with Crippen molar-refractivity contribution in [2.75, 3.05) is 19.7 Å². The van der Waals surface area contributed by atoms with E-state index in [2.05, 4.69) is 10.6 Å². The standard InChI is InChI=1S/C18H25N3O4/c1-13(2)25-10-6-9-19-16(22)12-21-17(23)15(20-18(21)24)11-14-7-4-3-5-8-14/h3-5,7-8,13,15H,6,9-12H2,1-2H3,(H,19,22)(H,20,24)/t15-/m0/s1. The Morgan fingerprint density at radius 3 is 2.68 bits per heavy atom. The smallest absolute Gasteiger partial charge is 0.325 e. The first-order valence-corrected chi connectivity index (χ1v) is 8.51. The summed E-state index contributed by atoms with van der Waals surface area (Å²) in [5, 5.41) is 5.33. The SMILES string of the molecule is CC(C)OCCCNC(=O)CN1C(=O)N[C@@H](Cc2ccccc2)C1=O. The zero-order valence-corrected chi connectivity index (χ0v) is 14.7. The minimum absolute atomic E-state index is 0.156. The van der Waals surface area contributed by atoms with Gasteiger partial charge in [0.05, 0.1) is 6.10 Å². The van der Waals surface area contributed by atoms with Crippen LogP contribution in [-0.4, -0.2) is 54.6 Å². The topological polar surface area (TPSA) is 87.7 Å². The van der Waals surface area contributed by atoms with E-state index in [0.29, 0.717) is 26.0 Å². The predicted molar refractivity (Wildman–Crippen MR) is 92.9 cm³/mol. The third-order valence-corrected chi connectivity index (χ3v) is 3.79. The van der Waals surface area contributed by atoms with Crippen LogP contribution in [0.5, 0.6) is 0 Å². The van der Waals surface area contributed by atoms with Crippen LogP contribution in [0.1, 0.15) is 25.8 Å². The van der Waals surface area contributed by atoms with Crippen LogP contribution in [0.4, 0.5) is 4.79 Å². The number of benzene rings is 1. The number of nitrogens with one attached hydrogen (secondary N) is 2. The molecule has 2 N–H and O–H groups in total. The maximum atomic E-state index is 12.3. The number of urea groups is 1. The van der Waals surface area contributed by atoms with Crippen LogP contribution in [0.2, 0.25) is 0 Å². The van der Waals surface area contributed by atoms with E-state index in [1.807, 2.05) is 44.2 Å². The highest BCUT2D eigenvalue weighted by Gasteiger charge is 2.38. The molecule has 1 aromatic carbocycles. The molecule has 0 radical (unpaired) electrons. The van der Waals surface area contributed by atoms with Crippen LogP contribution in [0, 0.1) is 0 Å². The molecular weight excluding hydrogens is 322 g/mol. The molecule has 1 fully saturated rings. The van der Waals surface area contributed by atoms with Crippen molar-refractivity contribution < 1.29 is 19.1 Å². The van der Waals surface area contributed by atoms with Crippen LogP contribution in [0.25, 0.3) is 0 Å². The molecule has 1 aromatic rings. The third kappa shape index (κ3) is 5.86. The lowest BCUT2D eigenvalue weighted by molar-refractivity contribution is -0.132. The molecule has 0 aliphatic carbocycles. The van der Waals surface area contributed by atoms with Gasteiger partial charge in [-0.05, 0) is 25.8 Å². The molecule has 0 saturated carbocycles. The minimum atomic E-state index is -0.623. The fourth-order valence-electron chi connectivity index (χ4n) is 2.53. The zero-order valence-electron chi connectivity index (χ0n) is 14.7. The van der Waals surface area contributed by atoms with Gasteiger partial charge in [-0.3, -0.25) is 14.5 Å². The van der Waals surface area contributed by atoms with Crippen LogP contribution in [-0.2, 0) is 20.7 Å². The van der Waals surface area contributed by atoms with Crippen molar-refractivity contribution in [2.45, 2.75) is 38.8 Å². The molecule has 4 amide bonds. The second kappa shape index (κ2) is 9.17. The van der Waals surface area contributed by atoms with Gasteiger partial charge in [-0.1, -0.05) is 30.3 Å². The second-order valence-corrected chi connectivity index (χ2v) is 6.24. The summed E-state index contributed by atoms with van der Waals surface area (Å²) in [6, 6.07) is 8.30. The summed E-state index contributed by atoms with van der Waals surface area (Å²) in [4.78, 5) is 37.2. The average molecular weight is 347 g/mol. The number of hydrogen-bond acceptors (Lipinski definition) is 4. The van der Waals surface area contributed by atoms with E-state index in [1.165, 1.54) is 0 Å². The Bertz CT molecular complexity index is 604. The second-order valence-electron chi connectivity index (χ2n) is 6.24. The van der Waals surface area contributed by atoms with Gasteiger partial charge in [-0.25, -0.2) is 4.79 Å². The van der Waals surface area contributed by atoms with Gasteiger partial charge in [-0.15, -0.1) is 0 Å². The van der Waals surface area contributed by atoms with E-state index >= 15 is 0 Å². The fourth-order valence-corrected chi connectivity index (χ4v) is 2.53. The van der Waals surface area contributed by atoms with E-state index in [9.17, 15) is 14.4 Å². The van der Waals surface area contributed by atoms with E-state index in [4.69, 9.17) is 4.74 Å². The minimum Gasteiger partial charge on any atom is -0.379 e. The van der Waals surface area contributed by atoms with Crippen molar-refractivity contribution >= 4 is 17.8 Å². The Balaban J connectivity index is 1.77. The molecule has 1 saturated heterocycles. The van der Waals surface area contributed by atoms with E-state index in [-0.39, 0.29) is 24.5 Å². The van der Waals surface area contributed by atoms with Crippen molar-refractivity contribution in [3.63, 3.8) is 0 Å². The van der Waals surface area contributed by atoms with Crippen molar-refractivity contribution in [3.05, 3.63) is 35.9 Å². The van der Waals surface area contributed by atoms with Gasteiger partial charge in [-0.2, -0.15) is 0 Å². The Labute approximate surface area is 147 Å². The molecule has 0 spiro atoms. The number of hydrogen-bond donors (Lipinski definition) is 2. The van der Waals surface area contributed by atoms with Crippen molar-refractivity contribution in [3.8, 4) is 0 Å². The zero-order chi connectivity index (χ0) is 18.2. The highest BCUT2D eigenvalue weighted by atomic mass is 16.5. The molecule has 0 aromatic heterocycles. The van der Waals surface area contributed by atoms with Crippen molar-refractivity contribution in [1.29, 1.82) is 0 Å². The first-order chi connectivity index (χ1) is 12.0. The summed E-state index contributed by atoms with van der Waals surface area (Å²) < 4.78 is 5.38. The maximum Gasteiger partial charge on any atom is 0.325 e. The molecule has 1 aliphatic heterocycles. The molecule has 25 heavy (non-hydrogen) atoms. The number of imide groups is 1. The monoisotopic (exact) mass is 347 g/mol. The average Bonchev–Trinajstić information content (AvgIpc) is 2.83. The summed E-state index contributed by atoms with van der Waals surface area (Å²) >= 11 is 0. The normalized spacial score (nSPS) is 17.1. The van der Waals surface area contributed by atoms with Gasteiger partial charge < -0.3 is 15.4 Å². The quantitative estimate of drug-likeness (QED) is 0.517. The fraction of sp³-hybridized carbons (Fsp3) is 0.500. The Kier molecular flexibility index (Phi) is 6.94. The molecule has 0 bridgehead atoms. The summed E-state index contributed by atoms with van der Waals surface area (Å²) in [6.07, 6.45) is 1.25. The largest absolute Gasteiger partial charge is 0.379 e. The Morgan fingerprint density at radius 1 is 1.28 bits per heavy atom. The highest BCUT2D eigenvalue weighted by molar-refractivity contribution is 6.06. The molecule has 1 aliphatic rings. The number of rotatable bonds is 9. The van der Waals surface area contributed by atoms with Crippen LogP contribution in [0.3, 0.4) is 0 Å².